The molecule has 0 aromatic heterocycles. The van der Waals surface area contributed by atoms with Gasteiger partial charge in [0.2, 0.25) is 11.8 Å². The minimum Gasteiger partial charge on any atom is -0.378 e. The Bertz CT molecular complexity index is 754. The molecule has 0 fully saturated rings. The van der Waals surface area contributed by atoms with Crippen LogP contribution in [0.25, 0.3) is 0 Å². The highest BCUT2D eigenvalue weighted by Gasteiger charge is 2.12. The minimum atomic E-state index is -0.0990. The number of nitrogens with zero attached hydrogens (tertiary/aromatic N) is 2. The Labute approximate surface area is 155 Å². The first kappa shape index (κ1) is 19.5. The van der Waals surface area contributed by atoms with Crippen molar-refractivity contribution >= 4 is 23.2 Å². The third kappa shape index (κ3) is 5.92. The van der Waals surface area contributed by atoms with Gasteiger partial charge >= 0.3 is 0 Å². The number of rotatable bonds is 7. The lowest BCUT2D eigenvalue weighted by atomic mass is 10.1. The van der Waals surface area contributed by atoms with Gasteiger partial charge in [-0.15, -0.1) is 0 Å². The van der Waals surface area contributed by atoms with Crippen LogP contribution in [0.5, 0.6) is 0 Å². The summed E-state index contributed by atoms with van der Waals surface area (Å²) >= 11 is 0. The van der Waals surface area contributed by atoms with Crippen LogP contribution >= 0.6 is 0 Å². The van der Waals surface area contributed by atoms with E-state index in [1.807, 2.05) is 68.4 Å². The molecule has 26 heavy (non-hydrogen) atoms. The van der Waals surface area contributed by atoms with Crippen molar-refractivity contribution in [1.29, 1.82) is 0 Å². The zero-order valence-corrected chi connectivity index (χ0v) is 16.0. The Kier molecular flexibility index (Phi) is 6.78. The van der Waals surface area contributed by atoms with Crippen molar-refractivity contribution in [3.8, 4) is 0 Å². The average Bonchev–Trinajstić information content (AvgIpc) is 2.59. The standard InChI is InChI=1S/C21H27N3O2/c1-16-6-5-7-18(14-16)15-24(17(2)25)13-12-21(26)22-19-8-10-20(11-9-19)23(3)4/h5-11,14H,12-13,15H2,1-4H3,(H,22,26). The summed E-state index contributed by atoms with van der Waals surface area (Å²) in [6.07, 6.45) is 0.265. The molecule has 0 aliphatic carbocycles. The van der Waals surface area contributed by atoms with Crippen LogP contribution in [-0.2, 0) is 16.1 Å². The van der Waals surface area contributed by atoms with E-state index in [1.165, 1.54) is 6.92 Å². The molecule has 0 spiro atoms. The van der Waals surface area contributed by atoms with Gasteiger partial charge in [0.1, 0.15) is 0 Å². The van der Waals surface area contributed by atoms with E-state index in [1.54, 1.807) is 4.90 Å². The molecule has 0 bridgehead atoms. The van der Waals surface area contributed by atoms with Crippen LogP contribution in [0.15, 0.2) is 48.5 Å². The van der Waals surface area contributed by atoms with Crippen molar-refractivity contribution in [2.75, 3.05) is 30.9 Å². The summed E-state index contributed by atoms with van der Waals surface area (Å²) in [4.78, 5) is 27.8. The maximum atomic E-state index is 12.2. The normalized spacial score (nSPS) is 10.3. The molecular weight excluding hydrogens is 326 g/mol. The summed E-state index contributed by atoms with van der Waals surface area (Å²) in [6, 6.07) is 15.7. The SMILES string of the molecule is CC(=O)N(CCC(=O)Nc1ccc(N(C)C)cc1)Cc1cccc(C)c1. The van der Waals surface area contributed by atoms with Crippen molar-refractivity contribution in [3.05, 3.63) is 59.7 Å². The molecule has 2 aromatic carbocycles. The molecule has 0 heterocycles. The zero-order chi connectivity index (χ0) is 19.1. The molecule has 2 rings (SSSR count). The monoisotopic (exact) mass is 353 g/mol. The summed E-state index contributed by atoms with van der Waals surface area (Å²) < 4.78 is 0. The summed E-state index contributed by atoms with van der Waals surface area (Å²) in [5.41, 5.74) is 4.06. The third-order valence-corrected chi connectivity index (χ3v) is 4.18. The number of aryl methyl sites for hydroxylation is 1. The fourth-order valence-electron chi connectivity index (χ4n) is 2.68. The molecular formula is C21H27N3O2. The highest BCUT2D eigenvalue weighted by atomic mass is 16.2. The quantitative estimate of drug-likeness (QED) is 0.830. The van der Waals surface area contributed by atoms with Crippen LogP contribution in [0, 0.1) is 6.92 Å². The molecule has 1 N–H and O–H groups in total. The molecule has 2 aromatic rings. The average molecular weight is 353 g/mol. The molecule has 0 aliphatic heterocycles. The van der Waals surface area contributed by atoms with Crippen LogP contribution in [0.1, 0.15) is 24.5 Å². The van der Waals surface area contributed by atoms with E-state index in [-0.39, 0.29) is 18.2 Å². The first-order valence-corrected chi connectivity index (χ1v) is 8.73. The Morgan fingerprint density at radius 1 is 1.04 bits per heavy atom. The van der Waals surface area contributed by atoms with Gasteiger partial charge < -0.3 is 15.1 Å². The van der Waals surface area contributed by atoms with Crippen LogP contribution in [0.4, 0.5) is 11.4 Å². The van der Waals surface area contributed by atoms with Gasteiger partial charge in [0.15, 0.2) is 0 Å². The number of anilines is 2. The highest BCUT2D eigenvalue weighted by molar-refractivity contribution is 5.91. The maximum Gasteiger partial charge on any atom is 0.226 e. The third-order valence-electron chi connectivity index (χ3n) is 4.18. The summed E-state index contributed by atoms with van der Waals surface area (Å²) in [6.45, 7) is 4.47. The Hall–Kier alpha value is -2.82. The van der Waals surface area contributed by atoms with Gasteiger partial charge in [0.05, 0.1) is 0 Å². The summed E-state index contributed by atoms with van der Waals surface area (Å²) in [7, 11) is 3.94. The first-order valence-electron chi connectivity index (χ1n) is 8.73. The molecule has 5 heteroatoms. The number of amides is 2. The van der Waals surface area contributed by atoms with Crippen molar-refractivity contribution < 1.29 is 9.59 Å². The van der Waals surface area contributed by atoms with Gasteiger partial charge in [-0.2, -0.15) is 0 Å². The molecule has 5 nitrogen and oxygen atoms in total. The largest absolute Gasteiger partial charge is 0.378 e. The topological polar surface area (TPSA) is 52.7 Å². The van der Waals surface area contributed by atoms with E-state index in [0.29, 0.717) is 13.1 Å². The second-order valence-corrected chi connectivity index (χ2v) is 6.67. The molecule has 138 valence electrons. The molecule has 0 unspecified atom stereocenters. The number of hydrogen-bond acceptors (Lipinski definition) is 3. The zero-order valence-electron chi connectivity index (χ0n) is 16.0. The lowest BCUT2D eigenvalue weighted by molar-refractivity contribution is -0.129. The van der Waals surface area contributed by atoms with Crippen LogP contribution in [0.3, 0.4) is 0 Å². The molecule has 0 radical (unpaired) electrons. The van der Waals surface area contributed by atoms with E-state index in [4.69, 9.17) is 0 Å². The van der Waals surface area contributed by atoms with Gasteiger partial charge in [-0.3, -0.25) is 9.59 Å². The smallest absolute Gasteiger partial charge is 0.226 e. The molecule has 0 saturated carbocycles. The fourth-order valence-corrected chi connectivity index (χ4v) is 2.68. The Morgan fingerprint density at radius 3 is 2.31 bits per heavy atom. The van der Waals surface area contributed by atoms with Crippen molar-refractivity contribution in [3.63, 3.8) is 0 Å². The van der Waals surface area contributed by atoms with E-state index in [9.17, 15) is 9.59 Å². The Balaban J connectivity index is 1.89. The second-order valence-electron chi connectivity index (χ2n) is 6.67. The summed E-state index contributed by atoms with van der Waals surface area (Å²) in [5.74, 6) is -0.132. The van der Waals surface area contributed by atoms with E-state index < -0.39 is 0 Å². The maximum absolute atomic E-state index is 12.2. The number of nitrogens with one attached hydrogen (secondary N) is 1. The fraction of sp³-hybridized carbons (Fsp3) is 0.333. The lowest BCUT2D eigenvalue weighted by Crippen LogP contribution is -2.31. The predicted octanol–water partition coefficient (Wildman–Crippen LogP) is 3.44. The number of carbonyl (C=O) groups is 2. The number of benzene rings is 2. The van der Waals surface area contributed by atoms with Gasteiger partial charge in [-0.1, -0.05) is 29.8 Å². The lowest BCUT2D eigenvalue weighted by Gasteiger charge is -2.21. The van der Waals surface area contributed by atoms with Crippen LogP contribution in [0.2, 0.25) is 0 Å². The molecule has 2 amide bonds. The highest BCUT2D eigenvalue weighted by Crippen LogP contribution is 2.16. The van der Waals surface area contributed by atoms with Gasteiger partial charge in [0.25, 0.3) is 0 Å². The van der Waals surface area contributed by atoms with Gasteiger partial charge in [-0.05, 0) is 36.8 Å². The molecule has 0 atom stereocenters. The Morgan fingerprint density at radius 2 is 1.73 bits per heavy atom. The van der Waals surface area contributed by atoms with E-state index >= 15 is 0 Å². The van der Waals surface area contributed by atoms with E-state index in [2.05, 4.69) is 11.4 Å². The second kappa shape index (κ2) is 9.04. The molecule has 0 aliphatic rings. The predicted molar refractivity (Wildman–Crippen MR) is 106 cm³/mol. The van der Waals surface area contributed by atoms with Crippen molar-refractivity contribution in [1.82, 2.24) is 4.90 Å². The van der Waals surface area contributed by atoms with Crippen LogP contribution < -0.4 is 10.2 Å². The first-order chi connectivity index (χ1) is 12.3. The van der Waals surface area contributed by atoms with Crippen molar-refractivity contribution in [2.24, 2.45) is 0 Å². The van der Waals surface area contributed by atoms with Crippen molar-refractivity contribution in [2.45, 2.75) is 26.8 Å². The van der Waals surface area contributed by atoms with E-state index in [0.717, 1.165) is 22.5 Å². The molecule has 0 saturated heterocycles. The van der Waals surface area contributed by atoms with Crippen LogP contribution in [-0.4, -0.2) is 37.4 Å². The van der Waals surface area contributed by atoms with Gasteiger partial charge in [0, 0.05) is 51.9 Å². The summed E-state index contributed by atoms with van der Waals surface area (Å²) in [5, 5.41) is 2.88. The minimum absolute atomic E-state index is 0.0327. The van der Waals surface area contributed by atoms with Gasteiger partial charge in [-0.25, -0.2) is 0 Å². The number of carbonyl (C=O) groups excluding carboxylic acids is 2. The number of hydrogen-bond donors (Lipinski definition) is 1.